The van der Waals surface area contributed by atoms with E-state index in [1.807, 2.05) is 65.8 Å². The number of nitrogens with zero attached hydrogens (tertiary/aromatic N) is 10. The fourth-order valence-electron chi connectivity index (χ4n) is 21.0. The van der Waals surface area contributed by atoms with Crippen molar-refractivity contribution in [2.45, 2.75) is 312 Å². The fraction of sp³-hybridized carbons (Fsp3) is 0.394. The highest BCUT2D eigenvalue weighted by molar-refractivity contribution is 6.13. The van der Waals surface area contributed by atoms with Gasteiger partial charge in [-0.2, -0.15) is 0 Å². The Morgan fingerprint density at radius 2 is 0.429 bits per heavy atom. The molecule has 762 valence electrons. The lowest BCUT2D eigenvalue weighted by molar-refractivity contribution is -0.661. The lowest BCUT2D eigenvalue weighted by Gasteiger charge is -2.16. The molecule has 0 N–H and O–H groups in total. The molecule has 0 bridgehead atoms. The van der Waals surface area contributed by atoms with Gasteiger partial charge in [-0.25, -0.2) is 47.8 Å². The van der Waals surface area contributed by atoms with Gasteiger partial charge in [0, 0.05) is 154 Å². The summed E-state index contributed by atoms with van der Waals surface area (Å²) >= 11 is 0. The number of pyridine rings is 10. The average Bonchev–Trinajstić information content (AvgIpc) is 1.67. The minimum Gasteiger partial charge on any atom is -0.437 e. The van der Waals surface area contributed by atoms with Gasteiger partial charge in [-0.1, -0.05) is 247 Å². The van der Waals surface area contributed by atoms with Crippen LogP contribution in [0.2, 0.25) is 0 Å². The first-order valence-corrected chi connectivity index (χ1v) is 52.8. The highest BCUT2D eigenvalue weighted by Gasteiger charge is 2.34. The summed E-state index contributed by atoms with van der Waals surface area (Å²) in [7, 11) is 10.2. The van der Waals surface area contributed by atoms with E-state index in [-0.39, 0.29) is 11.1 Å². The molecule has 0 saturated heterocycles. The normalized spacial score (nSPS) is 14.2. The molecule has 147 heavy (non-hydrogen) atoms. The van der Waals surface area contributed by atoms with Crippen LogP contribution in [0, 0.1) is 34.6 Å². The van der Waals surface area contributed by atoms with Crippen LogP contribution in [0.1, 0.15) is 383 Å². The Morgan fingerprint density at radius 3 is 0.646 bits per heavy atom. The molecule has 0 radical (unpaired) electrons. The van der Waals surface area contributed by atoms with Gasteiger partial charge in [0.05, 0.1) is 27.8 Å². The molecular weight excluding hydrogens is 1810 g/mol. The molecule has 2 atom stereocenters. The largest absolute Gasteiger partial charge is 0.437 e. The lowest BCUT2D eigenvalue weighted by atomic mass is 9.90. The van der Waals surface area contributed by atoms with Crippen LogP contribution < -0.4 is 22.8 Å². The van der Waals surface area contributed by atoms with Crippen LogP contribution in [0.15, 0.2) is 205 Å². The van der Waals surface area contributed by atoms with Crippen LogP contribution in [0.5, 0.6) is 0 Å². The summed E-state index contributed by atoms with van der Waals surface area (Å²) in [5, 5.41) is 10.4. The van der Waals surface area contributed by atoms with Gasteiger partial charge in [-0.3, -0.25) is 0 Å². The number of fused-ring (bicyclic) bond motifs is 15. The first-order valence-electron chi connectivity index (χ1n) is 57.8. The number of aromatic nitrogens is 10. The third-order valence-electron chi connectivity index (χ3n) is 29.5. The molecule has 0 spiro atoms. The predicted octanol–water partition coefficient (Wildman–Crippen LogP) is 34.1. The van der Waals surface area contributed by atoms with Crippen LogP contribution in [0.3, 0.4) is 0 Å². The van der Waals surface area contributed by atoms with Gasteiger partial charge in [0.1, 0.15) is 35.2 Å². The first-order chi connectivity index (χ1) is 73.5. The Labute approximate surface area is 886 Å². The van der Waals surface area contributed by atoms with E-state index < -0.39 is 37.3 Å². The zero-order valence-corrected chi connectivity index (χ0v) is 93.6. The average molecular weight is 1980 g/mol. The molecular formula is C132H159N10O5+5. The molecule has 15 nitrogen and oxygen atoms in total. The van der Waals surface area contributed by atoms with E-state index in [0.717, 1.165) is 191 Å². The van der Waals surface area contributed by atoms with Gasteiger partial charge in [0.15, 0.2) is 58.9 Å². The number of rotatable bonds is 20. The SMILES string of the molecule is CCc1ccc2c(n1)oc1c(-c3cc(C(C)C)c(C(C)C)c[n+]3C)c(C)ccc12.Cc1ccc2c(oc3nc(C(C)C)ccc32)c1-c1cc(C(C)C)c(C(C)C)c[n+]1C.[2H]C(C)(C)c1cc(-c2c(C)ccc3c2oc2nc(C(C)C)ccc23)[n+](C)cc1C(C)C.[2H]C(C)(C)c1cc(-c2c(C)ccc3c2oc2nc(CC)ccc23)[n+](C)cc1C(C)C.[2H]C([2H])([2H])C([2H])(C)c1cc(-c2c(C)ccc3c2oc2nc(CC)ccc23)[n+](C)cc1C([2H])(C)C([2H])([2H])[2H]. The third kappa shape index (κ3) is 20.7. The predicted molar refractivity (Wildman–Crippen MR) is 612 cm³/mol. The smallest absolute Gasteiger partial charge is 0.227 e. The van der Waals surface area contributed by atoms with Crippen molar-refractivity contribution >= 4 is 110 Å². The van der Waals surface area contributed by atoms with E-state index in [0.29, 0.717) is 81.3 Å². The highest BCUT2D eigenvalue weighted by Crippen LogP contribution is 2.47. The van der Waals surface area contributed by atoms with Crippen molar-refractivity contribution in [2.75, 3.05) is 0 Å². The second-order valence-electron chi connectivity index (χ2n) is 43.6. The highest BCUT2D eigenvalue weighted by atomic mass is 16.4. The van der Waals surface area contributed by atoms with Crippen molar-refractivity contribution in [3.63, 3.8) is 0 Å². The maximum atomic E-state index is 8.85. The van der Waals surface area contributed by atoms with Crippen molar-refractivity contribution in [2.24, 2.45) is 35.2 Å². The van der Waals surface area contributed by atoms with Gasteiger partial charge in [-0.05, 0) is 241 Å². The molecule has 15 aromatic heterocycles. The monoisotopic (exact) mass is 1970 g/mol. The Kier molecular flexibility index (Phi) is 27.4. The second-order valence-corrected chi connectivity index (χ2v) is 43.6. The van der Waals surface area contributed by atoms with E-state index in [4.69, 9.17) is 55.7 Å². The van der Waals surface area contributed by atoms with Crippen molar-refractivity contribution in [1.82, 2.24) is 24.9 Å². The molecule has 0 amide bonds. The molecule has 0 aliphatic heterocycles. The standard InChI is InChI=1S/2C27H33N2O.3C26H31N2O/c2*1-15(2)21-13-24(29(8)14-22(21)16(3)4)25-18(7)9-10-19-20-11-12-23(17(5)6)28-27(20)30-26(19)25;3*1-8-18-10-12-20-19-11-9-17(6)24(25(19)29-26(20)27-18)23-13-21(15(2)3)22(16(4)5)14-28(23)7/h2*9-17H,1-8H3;3*9-16H,8H2,1-7H3/q5*+1/i15D;;2D3,4D3,15D,16D;15D;. The second kappa shape index (κ2) is 43.2. The van der Waals surface area contributed by atoms with Crippen LogP contribution >= 0.6 is 0 Å². The summed E-state index contributed by atoms with van der Waals surface area (Å²) in [4.78, 5) is 23.6. The zero-order chi connectivity index (χ0) is 115. The summed E-state index contributed by atoms with van der Waals surface area (Å²) in [6, 6.07) is 52.7. The zero-order valence-electron chi connectivity index (χ0n) is 104. The molecule has 0 fully saturated rings. The summed E-state index contributed by atoms with van der Waals surface area (Å²) in [5.74, 6) is -2.35. The Morgan fingerprint density at radius 1 is 0.231 bits per heavy atom. The Hall–Kier alpha value is -13.4. The molecule has 20 rings (SSSR count). The fourth-order valence-corrected chi connectivity index (χ4v) is 21.0. The van der Waals surface area contributed by atoms with E-state index in [1.165, 1.54) is 87.6 Å². The summed E-state index contributed by atoms with van der Waals surface area (Å²) < 4.78 is 125. The summed E-state index contributed by atoms with van der Waals surface area (Å²) in [6.45, 7) is 57.0. The van der Waals surface area contributed by atoms with E-state index >= 15 is 0 Å². The molecule has 5 aromatic carbocycles. The van der Waals surface area contributed by atoms with Crippen molar-refractivity contribution < 1.29 is 58.6 Å². The molecule has 0 saturated carbocycles. The topological polar surface area (TPSA) is 150 Å². The summed E-state index contributed by atoms with van der Waals surface area (Å²) in [5.41, 5.74) is 38.5. The van der Waals surface area contributed by atoms with Crippen molar-refractivity contribution in [1.29, 1.82) is 0 Å². The molecule has 15 heterocycles. The number of benzene rings is 5. The number of aryl methyl sites for hydroxylation is 13. The van der Waals surface area contributed by atoms with Crippen LogP contribution in [-0.2, 0) is 54.5 Å². The summed E-state index contributed by atoms with van der Waals surface area (Å²) in [6.07, 6.45) is 13.0. The Balaban J connectivity index is 0.000000139. The van der Waals surface area contributed by atoms with Gasteiger partial charge in [0.25, 0.3) is 0 Å². The van der Waals surface area contributed by atoms with E-state index in [9.17, 15) is 0 Å². The number of hydrogen-bond donors (Lipinski definition) is 0. The molecule has 0 aliphatic carbocycles. The Bertz CT molecular complexity index is 8910. The van der Waals surface area contributed by atoms with Crippen LogP contribution in [0.4, 0.5) is 0 Å². The van der Waals surface area contributed by atoms with E-state index in [1.54, 1.807) is 11.6 Å². The minimum atomic E-state index is -2.77. The molecule has 2 unspecified atom stereocenters. The maximum Gasteiger partial charge on any atom is 0.227 e. The lowest BCUT2D eigenvalue weighted by Crippen LogP contribution is -2.32. The third-order valence-corrected chi connectivity index (χ3v) is 29.5. The van der Waals surface area contributed by atoms with Crippen molar-refractivity contribution in [3.8, 4) is 56.3 Å². The van der Waals surface area contributed by atoms with E-state index in [2.05, 4.69) is 350 Å². The number of hydrogen-bond acceptors (Lipinski definition) is 10. The quantitative estimate of drug-likeness (QED) is 0.0675. The molecule has 0 aliphatic rings. The molecule has 15 heteroatoms. The van der Waals surface area contributed by atoms with Crippen LogP contribution in [0.25, 0.3) is 167 Å². The number of furan rings is 5. The van der Waals surface area contributed by atoms with Gasteiger partial charge >= 0.3 is 0 Å². The van der Waals surface area contributed by atoms with Gasteiger partial charge in [-0.15, -0.1) is 0 Å². The van der Waals surface area contributed by atoms with Gasteiger partial charge in [0.2, 0.25) is 57.0 Å². The van der Waals surface area contributed by atoms with Crippen LogP contribution in [-0.4, -0.2) is 24.9 Å². The van der Waals surface area contributed by atoms with Gasteiger partial charge < -0.3 is 22.1 Å². The maximum absolute atomic E-state index is 8.85. The van der Waals surface area contributed by atoms with Crippen molar-refractivity contribution in [3.05, 3.63) is 295 Å². The molecule has 20 aromatic rings. The minimum absolute atomic E-state index is 0.0314. The first kappa shape index (κ1) is 93.4.